The number of amides is 1. The van der Waals surface area contributed by atoms with Crippen LogP contribution in [0.2, 0.25) is 0 Å². The lowest BCUT2D eigenvalue weighted by atomic mass is 10.1. The number of rotatable bonds is 5. The van der Waals surface area contributed by atoms with Crippen LogP contribution in [0.1, 0.15) is 34.8 Å². The molecule has 2 aromatic heterocycles. The van der Waals surface area contributed by atoms with E-state index in [2.05, 4.69) is 27.4 Å². The molecule has 0 bridgehead atoms. The van der Waals surface area contributed by atoms with E-state index in [1.54, 1.807) is 31.8 Å². The van der Waals surface area contributed by atoms with Crippen molar-refractivity contribution in [3.05, 3.63) is 77.5 Å². The number of hydrogen-bond donors (Lipinski definition) is 1. The Balaban J connectivity index is 1.46. The number of benzene rings is 1. The van der Waals surface area contributed by atoms with Crippen LogP contribution in [0.15, 0.2) is 55.1 Å². The topological polar surface area (TPSA) is 69.0 Å². The summed E-state index contributed by atoms with van der Waals surface area (Å²) in [6, 6.07) is 10.2. The number of ether oxygens (including phenoxy) is 1. The molecule has 142 valence electrons. The third-order valence-corrected chi connectivity index (χ3v) is 4.91. The molecule has 0 radical (unpaired) electrons. The molecule has 28 heavy (non-hydrogen) atoms. The minimum absolute atomic E-state index is 0.0767. The number of nitrogens with zero attached hydrogens (tertiary/aromatic N) is 3. The third kappa shape index (κ3) is 3.67. The van der Waals surface area contributed by atoms with Crippen LogP contribution >= 0.6 is 0 Å². The summed E-state index contributed by atoms with van der Waals surface area (Å²) in [5.74, 6) is 1.16. The molecule has 1 unspecified atom stereocenters. The predicted molar refractivity (Wildman–Crippen MR) is 107 cm³/mol. The first-order valence-electron chi connectivity index (χ1n) is 9.25. The van der Waals surface area contributed by atoms with Crippen LogP contribution < -0.4 is 10.1 Å². The minimum atomic E-state index is -0.116. The Morgan fingerprint density at radius 2 is 2.18 bits per heavy atom. The van der Waals surface area contributed by atoms with Crippen LogP contribution in [-0.2, 0) is 11.2 Å². The predicted octanol–water partition coefficient (Wildman–Crippen LogP) is 3.40. The van der Waals surface area contributed by atoms with Crippen molar-refractivity contribution < 1.29 is 9.53 Å². The van der Waals surface area contributed by atoms with Crippen molar-refractivity contribution in [1.82, 2.24) is 19.9 Å². The summed E-state index contributed by atoms with van der Waals surface area (Å²) in [4.78, 5) is 21.0. The zero-order chi connectivity index (χ0) is 19.5. The lowest BCUT2D eigenvalue weighted by Crippen LogP contribution is -2.25. The second-order valence-electron chi connectivity index (χ2n) is 6.85. The summed E-state index contributed by atoms with van der Waals surface area (Å²) in [5.41, 5.74) is 4.22. The maximum atomic E-state index is 12.4. The molecule has 1 aliphatic carbocycles. The number of hydrogen-bond acceptors (Lipinski definition) is 4. The number of aromatic nitrogens is 3. The maximum absolute atomic E-state index is 12.4. The van der Waals surface area contributed by atoms with E-state index in [1.807, 2.05) is 35.9 Å². The molecule has 1 aliphatic rings. The Hall–Kier alpha value is -3.41. The standard InChI is InChI=1S/C22H22N4O2/c1-15-13-26(14-24-15)22-20(28-2)11-16(12-23-22)7-10-21(27)25-19-9-8-17-5-3-4-6-18(17)19/h3-7,10-14,19H,8-9H2,1-2H3,(H,25,27)/b10-7+. The first-order valence-corrected chi connectivity index (χ1v) is 9.25. The number of nitrogens with one attached hydrogen (secondary N) is 1. The van der Waals surface area contributed by atoms with Crippen molar-refractivity contribution >= 4 is 12.0 Å². The Morgan fingerprint density at radius 3 is 2.96 bits per heavy atom. The van der Waals surface area contributed by atoms with Gasteiger partial charge in [0.15, 0.2) is 11.6 Å². The lowest BCUT2D eigenvalue weighted by Gasteiger charge is -2.12. The molecule has 1 aromatic carbocycles. The van der Waals surface area contributed by atoms with Gasteiger partial charge in [-0.3, -0.25) is 9.36 Å². The van der Waals surface area contributed by atoms with Crippen LogP contribution in [0.5, 0.6) is 5.75 Å². The van der Waals surface area contributed by atoms with E-state index in [0.29, 0.717) is 11.6 Å². The molecular formula is C22H22N4O2. The van der Waals surface area contributed by atoms with Crippen molar-refractivity contribution in [2.75, 3.05) is 7.11 Å². The molecule has 1 N–H and O–H groups in total. The first kappa shape index (κ1) is 18.0. The third-order valence-electron chi connectivity index (χ3n) is 4.91. The SMILES string of the molecule is COc1cc(/C=C/C(=O)NC2CCc3ccccc32)cnc1-n1cnc(C)c1. The van der Waals surface area contributed by atoms with E-state index >= 15 is 0 Å². The zero-order valence-corrected chi connectivity index (χ0v) is 15.9. The molecule has 2 heterocycles. The van der Waals surface area contributed by atoms with Gasteiger partial charge in [0.1, 0.15) is 6.33 Å². The van der Waals surface area contributed by atoms with E-state index in [9.17, 15) is 4.79 Å². The quantitative estimate of drug-likeness (QED) is 0.695. The second-order valence-corrected chi connectivity index (χ2v) is 6.85. The van der Waals surface area contributed by atoms with Crippen molar-refractivity contribution in [2.24, 2.45) is 0 Å². The van der Waals surface area contributed by atoms with Gasteiger partial charge in [0, 0.05) is 18.5 Å². The molecular weight excluding hydrogens is 352 g/mol. The molecule has 0 aliphatic heterocycles. The number of carbonyl (C=O) groups is 1. The van der Waals surface area contributed by atoms with Crippen molar-refractivity contribution in [1.29, 1.82) is 0 Å². The molecule has 3 aromatic rings. The van der Waals surface area contributed by atoms with Gasteiger partial charge in [-0.2, -0.15) is 0 Å². The van der Waals surface area contributed by atoms with Gasteiger partial charge in [-0.15, -0.1) is 0 Å². The Labute approximate surface area is 163 Å². The van der Waals surface area contributed by atoms with E-state index in [-0.39, 0.29) is 11.9 Å². The molecule has 0 fully saturated rings. The van der Waals surface area contributed by atoms with Gasteiger partial charge in [-0.1, -0.05) is 24.3 Å². The van der Waals surface area contributed by atoms with Crippen LogP contribution in [0, 0.1) is 6.92 Å². The summed E-state index contributed by atoms with van der Waals surface area (Å²) < 4.78 is 7.27. The number of fused-ring (bicyclic) bond motifs is 1. The summed E-state index contributed by atoms with van der Waals surface area (Å²) >= 11 is 0. The van der Waals surface area contributed by atoms with E-state index < -0.39 is 0 Å². The molecule has 1 atom stereocenters. The molecule has 6 heteroatoms. The highest BCUT2D eigenvalue weighted by atomic mass is 16.5. The highest BCUT2D eigenvalue weighted by molar-refractivity contribution is 5.92. The lowest BCUT2D eigenvalue weighted by molar-refractivity contribution is -0.117. The van der Waals surface area contributed by atoms with E-state index in [1.165, 1.54) is 11.1 Å². The normalized spacial score (nSPS) is 15.6. The summed E-state index contributed by atoms with van der Waals surface area (Å²) in [5, 5.41) is 3.08. The van der Waals surface area contributed by atoms with Crippen molar-refractivity contribution in [3.8, 4) is 11.6 Å². The van der Waals surface area contributed by atoms with Gasteiger partial charge in [-0.25, -0.2) is 9.97 Å². The molecule has 0 saturated carbocycles. The summed E-state index contributed by atoms with van der Waals surface area (Å²) in [6.07, 6.45) is 10.5. The Bertz CT molecular complexity index is 1040. The highest BCUT2D eigenvalue weighted by Crippen LogP contribution is 2.30. The van der Waals surface area contributed by atoms with Gasteiger partial charge < -0.3 is 10.1 Å². The van der Waals surface area contributed by atoms with Crippen LogP contribution in [-0.4, -0.2) is 27.6 Å². The largest absolute Gasteiger partial charge is 0.493 e. The fourth-order valence-electron chi connectivity index (χ4n) is 3.52. The Morgan fingerprint density at radius 1 is 1.32 bits per heavy atom. The van der Waals surface area contributed by atoms with Gasteiger partial charge in [0.05, 0.1) is 18.8 Å². The molecule has 6 nitrogen and oxygen atoms in total. The molecule has 0 spiro atoms. The fraction of sp³-hybridized carbons (Fsp3) is 0.227. The van der Waals surface area contributed by atoms with E-state index in [4.69, 9.17) is 4.74 Å². The van der Waals surface area contributed by atoms with Crippen molar-refractivity contribution in [2.45, 2.75) is 25.8 Å². The second kappa shape index (κ2) is 7.68. The molecule has 1 amide bonds. The summed E-state index contributed by atoms with van der Waals surface area (Å²) in [6.45, 7) is 1.92. The Kier molecular flexibility index (Phi) is 4.93. The molecule has 4 rings (SSSR count). The summed E-state index contributed by atoms with van der Waals surface area (Å²) in [7, 11) is 1.60. The number of aryl methyl sites for hydroxylation is 2. The van der Waals surface area contributed by atoms with E-state index in [0.717, 1.165) is 24.1 Å². The van der Waals surface area contributed by atoms with Gasteiger partial charge in [0.25, 0.3) is 0 Å². The number of imidazole rings is 1. The maximum Gasteiger partial charge on any atom is 0.244 e. The average Bonchev–Trinajstić information content (AvgIpc) is 3.33. The van der Waals surface area contributed by atoms with Crippen molar-refractivity contribution in [3.63, 3.8) is 0 Å². The van der Waals surface area contributed by atoms with Gasteiger partial charge >= 0.3 is 0 Å². The fourth-order valence-corrected chi connectivity index (χ4v) is 3.52. The van der Waals surface area contributed by atoms with Crippen LogP contribution in [0.3, 0.4) is 0 Å². The zero-order valence-electron chi connectivity index (χ0n) is 15.9. The number of pyridine rings is 1. The minimum Gasteiger partial charge on any atom is -0.493 e. The number of carbonyl (C=O) groups excluding carboxylic acids is 1. The van der Waals surface area contributed by atoms with Crippen LogP contribution in [0.25, 0.3) is 11.9 Å². The number of methoxy groups -OCH3 is 1. The average molecular weight is 374 g/mol. The van der Waals surface area contributed by atoms with Gasteiger partial charge in [-0.05, 0) is 48.6 Å². The first-order chi connectivity index (χ1) is 13.6. The smallest absolute Gasteiger partial charge is 0.244 e. The highest BCUT2D eigenvalue weighted by Gasteiger charge is 2.22. The van der Waals surface area contributed by atoms with Crippen LogP contribution in [0.4, 0.5) is 0 Å². The van der Waals surface area contributed by atoms with Gasteiger partial charge in [0.2, 0.25) is 5.91 Å². The monoisotopic (exact) mass is 374 g/mol. The molecule has 0 saturated heterocycles.